The molecule has 8 fully saturated rings. The van der Waals surface area contributed by atoms with E-state index in [1.807, 2.05) is 0 Å². The van der Waals surface area contributed by atoms with Gasteiger partial charge in [-0.05, 0) is 144 Å². The van der Waals surface area contributed by atoms with Crippen molar-refractivity contribution >= 4 is 12.3 Å². The minimum atomic E-state index is -1.14. The van der Waals surface area contributed by atoms with Crippen molar-refractivity contribution in [1.29, 1.82) is 0 Å². The number of hydrogen-bond acceptors (Lipinski definition) is 7. The van der Waals surface area contributed by atoms with Gasteiger partial charge < -0.3 is 29.3 Å². The molecule has 0 aromatic rings. The Hall–Kier alpha value is -1.32. The highest BCUT2D eigenvalue weighted by Crippen LogP contribution is 2.84. The van der Waals surface area contributed by atoms with E-state index in [0.717, 1.165) is 62.7 Å². The van der Waals surface area contributed by atoms with Crippen molar-refractivity contribution in [2.75, 3.05) is 78.5 Å². The summed E-state index contributed by atoms with van der Waals surface area (Å²) < 4.78 is 7.55. The third-order valence-electron chi connectivity index (χ3n) is 18.7. The summed E-state index contributed by atoms with van der Waals surface area (Å²) >= 11 is 0. The van der Waals surface area contributed by atoms with Gasteiger partial charge in [0.1, 0.15) is 11.7 Å². The van der Waals surface area contributed by atoms with Crippen LogP contribution in [0.5, 0.6) is 0 Å². The largest absolute Gasteiger partial charge is 0.481 e. The van der Waals surface area contributed by atoms with Crippen LogP contribution in [0.1, 0.15) is 124 Å². The minimum Gasteiger partial charge on any atom is -0.481 e. The van der Waals surface area contributed by atoms with Gasteiger partial charge in [0, 0.05) is 51.2 Å². The lowest BCUT2D eigenvalue weighted by Crippen LogP contribution is -2.65. The quantitative estimate of drug-likeness (QED) is 0.144. The SMILES string of the molecule is CC(C)C1=CC2CC3(C=O)[C@@H]4CC[C@@H](C)[C@H]4CC2([C@H]2C[C@H](CC4CCCC4)[C@H](CN4CCC(CCN5CCN(CCN6CCCCC6)CC5)CC4)O2)[C@]13C(=O)O. The molecule has 4 bridgehead atoms. The van der Waals surface area contributed by atoms with Gasteiger partial charge in [-0.1, -0.05) is 70.9 Å². The first kappa shape index (κ1) is 40.1. The lowest BCUT2D eigenvalue weighted by atomic mass is 9.41. The number of hydrogen-bond donors (Lipinski definition) is 1. The first-order valence-electron chi connectivity index (χ1n) is 24.1. The van der Waals surface area contributed by atoms with E-state index in [1.54, 1.807) is 0 Å². The Kier molecular flexibility index (Phi) is 11.7. The monoisotopic (exact) mass is 775 g/mol. The fraction of sp³-hybridized carbons (Fsp3) is 0.917. The summed E-state index contributed by atoms with van der Waals surface area (Å²) in [6.45, 7) is 21.4. The standard InChI is InChI=1S/C48H78N4O4/c1-34(2)42-29-39-30-46(33-53)41-12-11-35(3)40(41)31-47(39,48(42,46)45(54)55)44-28-38(27-37-9-5-6-10-37)43(56-44)32-52-19-14-36(15-20-52)13-18-50-22-25-51(26-23-50)24-21-49-16-7-4-8-17-49/h29,33-41,43-44H,4-28,30-32H2,1-3H3,(H,54,55)/t35-,38+,39?,40-,41-,43+,44-,46?,47?,48+/m1/s1. The average molecular weight is 775 g/mol. The molecule has 4 heterocycles. The summed E-state index contributed by atoms with van der Waals surface area (Å²) in [5.74, 6) is 2.72. The molecule has 9 rings (SSSR count). The second-order valence-electron chi connectivity index (χ2n) is 21.5. The molecule has 0 aromatic carbocycles. The molecular weight excluding hydrogens is 697 g/mol. The number of nitrogens with zero attached hydrogens (tertiary/aromatic N) is 4. The first-order chi connectivity index (χ1) is 27.2. The minimum absolute atomic E-state index is 0.0918. The number of carbonyl (C=O) groups excluding carboxylic acids is 1. The molecule has 10 atom stereocenters. The number of piperidine rings is 2. The van der Waals surface area contributed by atoms with Crippen molar-refractivity contribution in [3.05, 3.63) is 11.6 Å². The van der Waals surface area contributed by atoms with Gasteiger partial charge in [-0.15, -0.1) is 0 Å². The Morgan fingerprint density at radius 2 is 1.50 bits per heavy atom. The van der Waals surface area contributed by atoms with Gasteiger partial charge in [-0.2, -0.15) is 0 Å². The summed E-state index contributed by atoms with van der Waals surface area (Å²) in [4.78, 5) is 38.9. The van der Waals surface area contributed by atoms with Gasteiger partial charge in [0.2, 0.25) is 0 Å². The zero-order chi connectivity index (χ0) is 38.7. The maximum atomic E-state index is 14.3. The van der Waals surface area contributed by atoms with Crippen molar-refractivity contribution in [3.63, 3.8) is 0 Å². The lowest BCUT2D eigenvalue weighted by Gasteiger charge is -2.60. The lowest BCUT2D eigenvalue weighted by molar-refractivity contribution is -0.197. The van der Waals surface area contributed by atoms with Crippen molar-refractivity contribution in [2.24, 2.45) is 63.6 Å². The van der Waals surface area contributed by atoms with Crippen LogP contribution in [0.25, 0.3) is 0 Å². The Morgan fingerprint density at radius 1 is 0.821 bits per heavy atom. The maximum Gasteiger partial charge on any atom is 0.315 e. The zero-order valence-electron chi connectivity index (χ0n) is 35.7. The normalized spacial score (nSPS) is 42.9. The third-order valence-corrected chi connectivity index (χ3v) is 18.7. The van der Waals surface area contributed by atoms with Crippen LogP contribution in [0.4, 0.5) is 0 Å². The Bertz CT molecular complexity index is 1430. The number of likely N-dealkylation sites (tertiary alicyclic amines) is 2. The van der Waals surface area contributed by atoms with Gasteiger partial charge >= 0.3 is 5.97 Å². The number of carboxylic acid groups (broad SMARTS) is 1. The van der Waals surface area contributed by atoms with Gasteiger partial charge in [0.05, 0.1) is 17.6 Å². The summed E-state index contributed by atoms with van der Waals surface area (Å²) in [5, 5.41) is 11.7. The number of carbonyl (C=O) groups is 2. The highest BCUT2D eigenvalue weighted by atomic mass is 16.5. The van der Waals surface area contributed by atoms with Gasteiger partial charge in [0.25, 0.3) is 0 Å². The predicted molar refractivity (Wildman–Crippen MR) is 222 cm³/mol. The van der Waals surface area contributed by atoms with Crippen LogP contribution < -0.4 is 0 Å². The fourth-order valence-corrected chi connectivity index (χ4v) is 15.9. The van der Waals surface area contributed by atoms with E-state index in [4.69, 9.17) is 4.74 Å². The predicted octanol–water partition coefficient (Wildman–Crippen LogP) is 7.47. The van der Waals surface area contributed by atoms with E-state index in [2.05, 4.69) is 46.4 Å². The second kappa shape index (κ2) is 16.3. The van der Waals surface area contributed by atoms with Crippen LogP contribution in [0.2, 0.25) is 0 Å². The summed E-state index contributed by atoms with van der Waals surface area (Å²) in [7, 11) is 0. The Labute approximate surface area is 339 Å². The van der Waals surface area contributed by atoms with Crippen LogP contribution in [-0.2, 0) is 14.3 Å². The van der Waals surface area contributed by atoms with Gasteiger partial charge in [-0.3, -0.25) is 9.69 Å². The smallest absolute Gasteiger partial charge is 0.315 e. The van der Waals surface area contributed by atoms with E-state index in [-0.39, 0.29) is 30.0 Å². The molecule has 9 aliphatic rings. The van der Waals surface area contributed by atoms with Crippen LogP contribution >= 0.6 is 0 Å². The van der Waals surface area contributed by atoms with E-state index < -0.39 is 22.2 Å². The summed E-state index contributed by atoms with van der Waals surface area (Å²) in [6, 6.07) is 0. The molecule has 1 N–H and O–H groups in total. The molecule has 4 saturated heterocycles. The molecular formula is C48H78N4O4. The molecule has 4 saturated carbocycles. The average Bonchev–Trinajstić information content (AvgIpc) is 4.04. The molecule has 8 nitrogen and oxygen atoms in total. The number of rotatable bonds is 14. The first-order valence-corrected chi connectivity index (χ1v) is 24.1. The molecule has 0 amide bonds. The van der Waals surface area contributed by atoms with Crippen molar-refractivity contribution in [1.82, 2.24) is 19.6 Å². The Morgan fingerprint density at radius 3 is 2.16 bits per heavy atom. The van der Waals surface area contributed by atoms with E-state index in [0.29, 0.717) is 24.2 Å². The number of fused-ring (bicyclic) bond motifs is 2. The molecule has 3 unspecified atom stereocenters. The molecule has 8 heteroatoms. The van der Waals surface area contributed by atoms with E-state index >= 15 is 0 Å². The highest BCUT2D eigenvalue weighted by molar-refractivity contribution is 5.90. The summed E-state index contributed by atoms with van der Waals surface area (Å²) in [6.07, 6.45) is 23.1. The molecule has 5 aliphatic carbocycles. The van der Waals surface area contributed by atoms with Crippen LogP contribution in [0.3, 0.4) is 0 Å². The second-order valence-corrected chi connectivity index (χ2v) is 21.5. The van der Waals surface area contributed by atoms with E-state index in [9.17, 15) is 14.7 Å². The molecule has 0 radical (unpaired) electrons. The third kappa shape index (κ3) is 6.63. The van der Waals surface area contributed by atoms with Gasteiger partial charge in [0.15, 0.2) is 0 Å². The van der Waals surface area contributed by atoms with Crippen molar-refractivity contribution in [3.8, 4) is 0 Å². The Balaban J connectivity index is 0.852. The van der Waals surface area contributed by atoms with Crippen molar-refractivity contribution in [2.45, 2.75) is 136 Å². The molecule has 4 aliphatic heterocycles. The number of aliphatic carboxylic acids is 1. The molecule has 56 heavy (non-hydrogen) atoms. The zero-order valence-corrected chi connectivity index (χ0v) is 35.7. The number of allylic oxidation sites excluding steroid dienone is 1. The van der Waals surface area contributed by atoms with Crippen LogP contribution in [0, 0.1) is 63.6 Å². The molecule has 314 valence electrons. The number of carboxylic acids is 1. The van der Waals surface area contributed by atoms with Crippen LogP contribution in [-0.4, -0.2) is 128 Å². The number of aldehydes is 1. The molecule has 0 spiro atoms. The van der Waals surface area contributed by atoms with E-state index in [1.165, 1.54) is 136 Å². The fourth-order valence-electron chi connectivity index (χ4n) is 15.9. The van der Waals surface area contributed by atoms with Gasteiger partial charge in [-0.25, -0.2) is 0 Å². The number of piperazine rings is 1. The van der Waals surface area contributed by atoms with Crippen molar-refractivity contribution < 1.29 is 19.4 Å². The van der Waals surface area contributed by atoms with Crippen LogP contribution in [0.15, 0.2) is 11.6 Å². The maximum absolute atomic E-state index is 14.3. The summed E-state index contributed by atoms with van der Waals surface area (Å²) in [5.41, 5.74) is -1.41. The highest BCUT2D eigenvalue weighted by Gasteiger charge is 2.86. The molecule has 0 aromatic heterocycles. The number of ether oxygens (including phenoxy) is 1. The topological polar surface area (TPSA) is 76.6 Å².